The fourth-order valence-electron chi connectivity index (χ4n) is 1.16. The second kappa shape index (κ2) is 5.14. The van der Waals surface area contributed by atoms with Crippen molar-refractivity contribution in [1.82, 2.24) is 0 Å². The van der Waals surface area contributed by atoms with Gasteiger partial charge in [-0.05, 0) is 24.1 Å². The van der Waals surface area contributed by atoms with Gasteiger partial charge in [0, 0.05) is 5.69 Å². The monoisotopic (exact) mass is 229 g/mol. The summed E-state index contributed by atoms with van der Waals surface area (Å²) in [6.07, 6.45) is 0.920. The van der Waals surface area contributed by atoms with Gasteiger partial charge in [0.25, 0.3) is 0 Å². The highest BCUT2D eigenvalue weighted by Crippen LogP contribution is 2.11. The molecule has 4 nitrogen and oxygen atoms in total. The number of benzene rings is 1. The zero-order valence-electron chi connectivity index (χ0n) is 8.60. The van der Waals surface area contributed by atoms with Crippen molar-refractivity contribution in [1.29, 1.82) is 0 Å². The van der Waals surface area contributed by atoms with E-state index in [4.69, 9.17) is 5.11 Å². The lowest BCUT2D eigenvalue weighted by atomic mass is 10.2. The smallest absolute Gasteiger partial charge is 0.234 e. The fourth-order valence-corrected chi connectivity index (χ4v) is 2.00. The van der Waals surface area contributed by atoms with Crippen molar-refractivity contribution in [3.05, 3.63) is 29.8 Å². The third-order valence-electron chi connectivity index (χ3n) is 2.00. The third kappa shape index (κ3) is 3.89. The molecule has 2 N–H and O–H groups in total. The molecular formula is C10H15NO3S. The highest BCUT2D eigenvalue weighted by molar-refractivity contribution is 7.92. The Labute approximate surface area is 90.0 Å². The van der Waals surface area contributed by atoms with Gasteiger partial charge < -0.3 is 5.11 Å². The minimum absolute atomic E-state index is 0.275. The molecule has 1 aromatic carbocycles. The molecule has 0 heterocycles. The molecule has 0 atom stereocenters. The van der Waals surface area contributed by atoms with Crippen LogP contribution in [-0.4, -0.2) is 25.9 Å². The summed E-state index contributed by atoms with van der Waals surface area (Å²) in [7, 11) is -3.40. The Morgan fingerprint density at radius 1 is 1.27 bits per heavy atom. The van der Waals surface area contributed by atoms with E-state index in [0.29, 0.717) is 5.69 Å². The van der Waals surface area contributed by atoms with Crippen LogP contribution in [0.3, 0.4) is 0 Å². The Morgan fingerprint density at radius 2 is 1.87 bits per heavy atom. The second-order valence-electron chi connectivity index (χ2n) is 3.20. The molecule has 0 aromatic heterocycles. The van der Waals surface area contributed by atoms with Crippen LogP contribution in [-0.2, 0) is 16.4 Å². The van der Waals surface area contributed by atoms with Crippen molar-refractivity contribution < 1.29 is 13.5 Å². The lowest BCUT2D eigenvalue weighted by molar-refractivity contribution is 0.320. The van der Waals surface area contributed by atoms with E-state index in [2.05, 4.69) is 4.72 Å². The minimum Gasteiger partial charge on any atom is -0.395 e. The Bertz CT molecular complexity index is 397. The standard InChI is InChI=1S/C10H15NO3S/c1-2-9-3-5-10(6-4-9)11-15(13,14)8-7-12/h3-6,11-12H,2,7-8H2,1H3. The molecule has 0 aliphatic rings. The molecule has 0 fully saturated rings. The molecule has 15 heavy (non-hydrogen) atoms. The lowest BCUT2D eigenvalue weighted by Crippen LogP contribution is -2.18. The van der Waals surface area contributed by atoms with E-state index in [1.165, 1.54) is 0 Å². The Balaban J connectivity index is 2.73. The van der Waals surface area contributed by atoms with E-state index in [9.17, 15) is 8.42 Å². The predicted molar refractivity (Wildman–Crippen MR) is 60.3 cm³/mol. The highest BCUT2D eigenvalue weighted by atomic mass is 32.2. The SMILES string of the molecule is CCc1ccc(NS(=O)(=O)CCO)cc1. The van der Waals surface area contributed by atoms with E-state index >= 15 is 0 Å². The van der Waals surface area contributed by atoms with Crippen LogP contribution in [0.15, 0.2) is 24.3 Å². The topological polar surface area (TPSA) is 66.4 Å². The molecular weight excluding hydrogens is 214 g/mol. The first kappa shape index (κ1) is 12.0. The normalized spacial score (nSPS) is 11.3. The van der Waals surface area contributed by atoms with Crippen molar-refractivity contribution >= 4 is 15.7 Å². The molecule has 0 saturated carbocycles. The molecule has 5 heteroatoms. The molecule has 0 amide bonds. The third-order valence-corrected chi connectivity index (χ3v) is 3.26. The predicted octanol–water partition coefficient (Wildman–Crippen LogP) is 0.983. The zero-order chi connectivity index (χ0) is 11.3. The van der Waals surface area contributed by atoms with Gasteiger partial charge in [-0.25, -0.2) is 8.42 Å². The number of anilines is 1. The summed E-state index contributed by atoms with van der Waals surface area (Å²) >= 11 is 0. The average Bonchev–Trinajstić information content (AvgIpc) is 2.18. The van der Waals surface area contributed by atoms with Gasteiger partial charge in [-0.2, -0.15) is 0 Å². The average molecular weight is 229 g/mol. The molecule has 84 valence electrons. The van der Waals surface area contributed by atoms with Crippen molar-refractivity contribution in [3.63, 3.8) is 0 Å². The Kier molecular flexibility index (Phi) is 4.11. The van der Waals surface area contributed by atoms with Gasteiger partial charge in [-0.3, -0.25) is 4.72 Å². The summed E-state index contributed by atoms with van der Waals surface area (Å²) in [4.78, 5) is 0. The van der Waals surface area contributed by atoms with Gasteiger partial charge >= 0.3 is 0 Å². The Morgan fingerprint density at radius 3 is 2.33 bits per heavy atom. The molecule has 0 radical (unpaired) electrons. The summed E-state index contributed by atoms with van der Waals surface area (Å²) in [6.45, 7) is 1.66. The molecule has 1 rings (SSSR count). The highest BCUT2D eigenvalue weighted by Gasteiger charge is 2.08. The van der Waals surface area contributed by atoms with Crippen LogP contribution in [0.5, 0.6) is 0 Å². The van der Waals surface area contributed by atoms with Crippen LogP contribution in [0.4, 0.5) is 5.69 Å². The first-order valence-corrected chi connectivity index (χ1v) is 6.43. The number of rotatable bonds is 5. The number of hydrogen-bond donors (Lipinski definition) is 2. The molecule has 0 spiro atoms. The maximum atomic E-state index is 11.3. The fraction of sp³-hybridized carbons (Fsp3) is 0.400. The van der Waals surface area contributed by atoms with Crippen molar-refractivity contribution in [2.45, 2.75) is 13.3 Å². The maximum absolute atomic E-state index is 11.3. The van der Waals surface area contributed by atoms with E-state index in [-0.39, 0.29) is 12.4 Å². The van der Waals surface area contributed by atoms with Gasteiger partial charge in [0.1, 0.15) is 0 Å². The van der Waals surface area contributed by atoms with Crippen molar-refractivity contribution in [3.8, 4) is 0 Å². The van der Waals surface area contributed by atoms with E-state index in [1.54, 1.807) is 12.1 Å². The van der Waals surface area contributed by atoms with Gasteiger partial charge in [0.2, 0.25) is 10.0 Å². The summed E-state index contributed by atoms with van der Waals surface area (Å²) in [6, 6.07) is 7.18. The van der Waals surface area contributed by atoms with Gasteiger partial charge in [0.15, 0.2) is 0 Å². The second-order valence-corrected chi connectivity index (χ2v) is 5.04. The molecule has 0 aliphatic heterocycles. The van der Waals surface area contributed by atoms with E-state index < -0.39 is 10.0 Å². The number of sulfonamides is 1. The molecule has 0 unspecified atom stereocenters. The van der Waals surface area contributed by atoms with Crippen LogP contribution in [0.1, 0.15) is 12.5 Å². The van der Waals surface area contributed by atoms with Crippen LogP contribution in [0, 0.1) is 0 Å². The van der Waals surface area contributed by atoms with E-state index in [0.717, 1.165) is 12.0 Å². The van der Waals surface area contributed by atoms with Gasteiger partial charge in [-0.1, -0.05) is 19.1 Å². The number of aryl methyl sites for hydroxylation is 1. The van der Waals surface area contributed by atoms with Crippen LogP contribution >= 0.6 is 0 Å². The zero-order valence-corrected chi connectivity index (χ0v) is 9.42. The first-order chi connectivity index (χ1) is 7.07. The molecule has 0 saturated heterocycles. The first-order valence-electron chi connectivity index (χ1n) is 4.77. The quantitative estimate of drug-likeness (QED) is 0.791. The van der Waals surface area contributed by atoms with Crippen molar-refractivity contribution in [2.75, 3.05) is 17.1 Å². The number of hydrogen-bond acceptors (Lipinski definition) is 3. The van der Waals surface area contributed by atoms with Crippen LogP contribution < -0.4 is 4.72 Å². The van der Waals surface area contributed by atoms with Crippen LogP contribution in [0.25, 0.3) is 0 Å². The van der Waals surface area contributed by atoms with Crippen molar-refractivity contribution in [2.24, 2.45) is 0 Å². The Hall–Kier alpha value is -1.07. The van der Waals surface area contributed by atoms with E-state index in [1.807, 2.05) is 19.1 Å². The number of aliphatic hydroxyl groups excluding tert-OH is 1. The molecule has 0 aliphatic carbocycles. The summed E-state index contributed by atoms with van der Waals surface area (Å²) < 4.78 is 24.9. The summed E-state index contributed by atoms with van der Waals surface area (Å²) in [5.41, 5.74) is 1.68. The molecule has 0 bridgehead atoms. The summed E-state index contributed by atoms with van der Waals surface area (Å²) in [5.74, 6) is -0.275. The number of nitrogens with one attached hydrogen (secondary N) is 1. The maximum Gasteiger partial charge on any atom is 0.234 e. The largest absolute Gasteiger partial charge is 0.395 e. The van der Waals surface area contributed by atoms with Gasteiger partial charge in [0.05, 0.1) is 12.4 Å². The summed E-state index contributed by atoms with van der Waals surface area (Å²) in [5, 5.41) is 8.54. The van der Waals surface area contributed by atoms with Crippen LogP contribution in [0.2, 0.25) is 0 Å². The van der Waals surface area contributed by atoms with Gasteiger partial charge in [-0.15, -0.1) is 0 Å². The lowest BCUT2D eigenvalue weighted by Gasteiger charge is -2.06. The minimum atomic E-state index is -3.40. The molecule has 1 aromatic rings. The number of aliphatic hydroxyl groups is 1.